The van der Waals surface area contributed by atoms with Crippen molar-refractivity contribution < 1.29 is 62.3 Å². The lowest BCUT2D eigenvalue weighted by Crippen LogP contribution is -2.75. The maximum Gasteiger partial charge on any atom is 0.331 e. The van der Waals surface area contributed by atoms with Crippen LogP contribution in [0.1, 0.15) is 80.7 Å². The van der Waals surface area contributed by atoms with Gasteiger partial charge in [-0.2, -0.15) is 0 Å². The fraction of sp³-hybridized carbons (Fsp3) is 0.538. The van der Waals surface area contributed by atoms with Crippen molar-refractivity contribution in [2.24, 2.45) is 22.7 Å². The molecule has 9 unspecified atom stereocenters. The Balaban J connectivity index is 2.05. The smallest absolute Gasteiger partial charge is 0.331 e. The van der Waals surface area contributed by atoms with Gasteiger partial charge in [0.15, 0.2) is 12.2 Å². The Kier molecular flexibility index (Phi) is 11.6. The van der Waals surface area contributed by atoms with E-state index in [0.717, 1.165) is 19.4 Å². The lowest BCUT2D eigenvalue weighted by molar-refractivity contribution is -0.277. The molecule has 1 N–H and O–H groups in total. The molecule has 3 aliphatic carbocycles. The highest BCUT2D eigenvalue weighted by atomic mass is 16.6. The molecule has 13 heteroatoms. The highest BCUT2D eigenvalue weighted by Gasteiger charge is 2.73. The van der Waals surface area contributed by atoms with Crippen LogP contribution in [0.3, 0.4) is 0 Å². The second-order valence-corrected chi connectivity index (χ2v) is 14.5. The molecule has 0 saturated heterocycles. The molecule has 1 aromatic carbocycles. The van der Waals surface area contributed by atoms with Crippen LogP contribution in [0.5, 0.6) is 0 Å². The fourth-order valence-electron chi connectivity index (χ4n) is 8.53. The zero-order valence-corrected chi connectivity index (χ0v) is 31.1. The van der Waals surface area contributed by atoms with Crippen LogP contribution in [-0.2, 0) is 57.2 Å². The van der Waals surface area contributed by atoms with Gasteiger partial charge in [-0.05, 0) is 24.1 Å². The Bertz CT molecular complexity index is 1690. The van der Waals surface area contributed by atoms with E-state index < -0.39 is 94.6 Å². The summed E-state index contributed by atoms with van der Waals surface area (Å²) in [5, 5.41) is 13.1. The van der Waals surface area contributed by atoms with E-state index in [2.05, 4.69) is 6.58 Å². The maximum absolute atomic E-state index is 13.3. The molecule has 4 rings (SSSR count). The number of aliphatic hydroxyl groups is 1. The van der Waals surface area contributed by atoms with Crippen molar-refractivity contribution in [1.82, 2.24) is 0 Å². The molecule has 2 saturated carbocycles. The molecule has 1 aromatic rings. The molecule has 0 radical (unpaired) electrons. The average Bonchev–Trinajstić information content (AvgIpc) is 3.03. The standard InChI is InChI=1S/C39H48O13/c1-20-29(52-32(45)17-16-27-14-12-11-13-15-27)19-31(48-23(4)41)38(10)33(20)34(49-24(5)42)28-18-30(47-22(3)40)21(2)39(46,37(28,8)9)36(51-26(7)44)35(38)50-25(6)43/h11-17,28-29,31,33-36,46H,1,18-19H2,2-10H3. The number of carbonyl (C=O) groups is 6. The van der Waals surface area contributed by atoms with Crippen LogP contribution in [0.4, 0.5) is 0 Å². The zero-order valence-electron chi connectivity index (χ0n) is 31.1. The predicted octanol–water partition coefficient (Wildman–Crippen LogP) is 4.55. The van der Waals surface area contributed by atoms with Gasteiger partial charge in [0.05, 0.1) is 5.41 Å². The van der Waals surface area contributed by atoms with Crippen molar-refractivity contribution in [3.63, 3.8) is 0 Å². The molecular weight excluding hydrogens is 676 g/mol. The topological polar surface area (TPSA) is 178 Å². The first kappa shape index (κ1) is 40.0. The van der Waals surface area contributed by atoms with Crippen molar-refractivity contribution in [3.8, 4) is 0 Å². The lowest BCUT2D eigenvalue weighted by atomic mass is 9.45. The Morgan fingerprint density at radius 2 is 1.35 bits per heavy atom. The minimum atomic E-state index is -2.24. The van der Waals surface area contributed by atoms with Gasteiger partial charge in [0.25, 0.3) is 0 Å². The van der Waals surface area contributed by atoms with E-state index in [-0.39, 0.29) is 29.7 Å². The van der Waals surface area contributed by atoms with Crippen LogP contribution < -0.4 is 0 Å². The predicted molar refractivity (Wildman–Crippen MR) is 184 cm³/mol. The molecule has 0 heterocycles. The molecule has 0 aliphatic heterocycles. The second-order valence-electron chi connectivity index (χ2n) is 14.5. The summed E-state index contributed by atoms with van der Waals surface area (Å²) in [5.74, 6) is -6.63. The number of rotatable bonds is 8. The Morgan fingerprint density at radius 3 is 1.88 bits per heavy atom. The van der Waals surface area contributed by atoms with E-state index in [1.165, 1.54) is 33.8 Å². The quantitative estimate of drug-likeness (QED) is 0.171. The highest BCUT2D eigenvalue weighted by Crippen LogP contribution is 2.64. The molecule has 13 nitrogen and oxygen atoms in total. The van der Waals surface area contributed by atoms with Crippen LogP contribution in [0, 0.1) is 22.7 Å². The van der Waals surface area contributed by atoms with Gasteiger partial charge in [-0.15, -0.1) is 0 Å². The summed E-state index contributed by atoms with van der Waals surface area (Å²) in [6.07, 6.45) is -4.41. The first-order valence-corrected chi connectivity index (χ1v) is 17.1. The number of allylic oxidation sites excluding steroid dienone is 1. The molecule has 3 aliphatic rings. The number of esters is 6. The Morgan fingerprint density at radius 1 is 0.788 bits per heavy atom. The molecule has 0 aromatic heterocycles. The normalized spacial score (nSPS) is 32.3. The first-order chi connectivity index (χ1) is 24.2. The summed E-state index contributed by atoms with van der Waals surface area (Å²) in [6, 6.07) is 9.04. The van der Waals surface area contributed by atoms with Gasteiger partial charge in [-0.25, -0.2) is 4.79 Å². The van der Waals surface area contributed by atoms with Gasteiger partial charge >= 0.3 is 35.8 Å². The summed E-state index contributed by atoms with van der Waals surface area (Å²) in [4.78, 5) is 77.5. The third kappa shape index (κ3) is 7.41. The number of benzene rings is 1. The van der Waals surface area contributed by atoms with Crippen LogP contribution >= 0.6 is 0 Å². The maximum atomic E-state index is 13.3. The highest BCUT2D eigenvalue weighted by molar-refractivity contribution is 5.87. The van der Waals surface area contributed by atoms with Gasteiger partial charge < -0.3 is 33.5 Å². The summed E-state index contributed by atoms with van der Waals surface area (Å²) in [5.41, 5.74) is -4.22. The minimum absolute atomic E-state index is 0.0331. The third-order valence-electron chi connectivity index (χ3n) is 10.9. The lowest BCUT2D eigenvalue weighted by Gasteiger charge is -2.64. The van der Waals surface area contributed by atoms with Crippen LogP contribution in [0.25, 0.3) is 6.08 Å². The number of ether oxygens (including phenoxy) is 6. The molecule has 9 atom stereocenters. The van der Waals surface area contributed by atoms with Crippen molar-refractivity contribution in [1.29, 1.82) is 0 Å². The Hall–Kier alpha value is -4.78. The molecule has 0 spiro atoms. The molecule has 0 amide bonds. The van der Waals surface area contributed by atoms with E-state index in [1.54, 1.807) is 39.0 Å². The van der Waals surface area contributed by atoms with Crippen LogP contribution in [0.2, 0.25) is 0 Å². The third-order valence-corrected chi connectivity index (χ3v) is 10.9. The van der Waals surface area contributed by atoms with Gasteiger partial charge in [0, 0.05) is 76.4 Å². The van der Waals surface area contributed by atoms with Crippen molar-refractivity contribution in [2.45, 2.75) is 111 Å². The molecule has 282 valence electrons. The monoisotopic (exact) mass is 724 g/mol. The largest absolute Gasteiger partial charge is 0.462 e. The van der Waals surface area contributed by atoms with Crippen molar-refractivity contribution in [2.75, 3.05) is 0 Å². The van der Waals surface area contributed by atoms with Crippen LogP contribution in [0.15, 0.2) is 59.9 Å². The summed E-state index contributed by atoms with van der Waals surface area (Å²) < 4.78 is 35.7. The van der Waals surface area contributed by atoms with Gasteiger partial charge in [0.2, 0.25) is 0 Å². The van der Waals surface area contributed by atoms with E-state index in [9.17, 15) is 33.9 Å². The summed E-state index contributed by atoms with van der Waals surface area (Å²) in [7, 11) is 0. The zero-order chi connectivity index (χ0) is 38.9. The van der Waals surface area contributed by atoms with E-state index in [0.29, 0.717) is 0 Å². The van der Waals surface area contributed by atoms with Crippen molar-refractivity contribution >= 4 is 41.9 Å². The minimum Gasteiger partial charge on any atom is -0.462 e. The summed E-state index contributed by atoms with van der Waals surface area (Å²) >= 11 is 0. The second kappa shape index (κ2) is 15.1. The number of hydrogen-bond acceptors (Lipinski definition) is 13. The van der Waals surface area contributed by atoms with Crippen LogP contribution in [-0.4, -0.2) is 77.0 Å². The van der Waals surface area contributed by atoms with E-state index in [1.807, 2.05) is 18.2 Å². The molecule has 52 heavy (non-hydrogen) atoms. The molecule has 2 bridgehead atoms. The van der Waals surface area contributed by atoms with Gasteiger partial charge in [-0.3, -0.25) is 24.0 Å². The Labute approximate surface area is 303 Å². The molecule has 2 fully saturated rings. The fourth-order valence-corrected chi connectivity index (χ4v) is 8.53. The van der Waals surface area contributed by atoms with Gasteiger partial charge in [-0.1, -0.05) is 57.7 Å². The number of hydrogen-bond donors (Lipinski definition) is 1. The van der Waals surface area contributed by atoms with Gasteiger partial charge in [0.1, 0.15) is 29.7 Å². The van der Waals surface area contributed by atoms with Crippen molar-refractivity contribution in [3.05, 3.63) is 65.5 Å². The molecular formula is C39H48O13. The SMILES string of the molecule is C=C1C(OC(=O)C=Cc2ccccc2)CC(OC(C)=O)C2(C)C(OC(C)=O)C(OC(C)=O)C3(O)C(C)=C(OC(C)=O)CC(C(OC(C)=O)C12)C3(C)C. The first-order valence-electron chi connectivity index (χ1n) is 17.1. The van der Waals surface area contributed by atoms with E-state index >= 15 is 0 Å². The average molecular weight is 725 g/mol. The summed E-state index contributed by atoms with van der Waals surface area (Å²) in [6.45, 7) is 16.6. The number of fused-ring (bicyclic) bond motifs is 3. The number of carbonyl (C=O) groups excluding carboxylic acids is 6. The van der Waals surface area contributed by atoms with E-state index in [4.69, 9.17) is 28.4 Å².